The van der Waals surface area contributed by atoms with Crippen molar-refractivity contribution in [3.63, 3.8) is 0 Å². The first-order valence-electron chi connectivity index (χ1n) is 8.73. The molecule has 1 unspecified atom stereocenters. The Morgan fingerprint density at radius 1 is 1.08 bits per heavy atom. The molecular formula is C20H23F2N3O. The van der Waals surface area contributed by atoms with Crippen LogP contribution in [-0.2, 0) is 4.79 Å². The molecule has 0 spiro atoms. The van der Waals surface area contributed by atoms with E-state index in [2.05, 4.69) is 10.2 Å². The molecule has 0 aliphatic carbocycles. The van der Waals surface area contributed by atoms with Crippen molar-refractivity contribution in [2.75, 3.05) is 37.4 Å². The van der Waals surface area contributed by atoms with E-state index in [1.165, 1.54) is 4.90 Å². The van der Waals surface area contributed by atoms with Gasteiger partial charge in [0.2, 0.25) is 5.91 Å². The smallest absolute Gasteiger partial charge is 0.246 e. The lowest BCUT2D eigenvalue weighted by Gasteiger charge is -2.27. The zero-order chi connectivity index (χ0) is 18.7. The van der Waals surface area contributed by atoms with Crippen LogP contribution in [0.1, 0.15) is 24.4 Å². The van der Waals surface area contributed by atoms with Gasteiger partial charge in [-0.3, -0.25) is 9.69 Å². The number of anilines is 2. The van der Waals surface area contributed by atoms with E-state index in [0.717, 1.165) is 43.6 Å². The predicted molar refractivity (Wildman–Crippen MR) is 99.3 cm³/mol. The first kappa shape index (κ1) is 18.3. The summed E-state index contributed by atoms with van der Waals surface area (Å²) in [6, 6.07) is 11.3. The van der Waals surface area contributed by atoms with Gasteiger partial charge in [-0.15, -0.1) is 0 Å². The number of hydrogen-bond acceptors (Lipinski definition) is 3. The van der Waals surface area contributed by atoms with Gasteiger partial charge < -0.3 is 10.2 Å². The van der Waals surface area contributed by atoms with E-state index in [0.29, 0.717) is 0 Å². The molecule has 0 saturated carbocycles. The third-order valence-corrected chi connectivity index (χ3v) is 4.60. The minimum Gasteiger partial charge on any atom is -0.373 e. The molecule has 2 aromatic carbocycles. The van der Waals surface area contributed by atoms with Crippen LogP contribution in [0.15, 0.2) is 42.5 Å². The number of carbonyl (C=O) groups is 1. The molecule has 1 amide bonds. The monoisotopic (exact) mass is 359 g/mol. The van der Waals surface area contributed by atoms with Gasteiger partial charge in [-0.05, 0) is 43.6 Å². The highest BCUT2D eigenvalue weighted by Gasteiger charge is 2.30. The summed E-state index contributed by atoms with van der Waals surface area (Å²) in [4.78, 5) is 16.4. The van der Waals surface area contributed by atoms with Crippen LogP contribution in [0.3, 0.4) is 0 Å². The lowest BCUT2D eigenvalue weighted by Crippen LogP contribution is -2.35. The highest BCUT2D eigenvalue weighted by atomic mass is 19.1. The van der Waals surface area contributed by atoms with E-state index in [1.807, 2.05) is 30.3 Å². The van der Waals surface area contributed by atoms with Crippen LogP contribution in [0.4, 0.5) is 20.2 Å². The topological polar surface area (TPSA) is 35.6 Å². The predicted octanol–water partition coefficient (Wildman–Crippen LogP) is 3.81. The fourth-order valence-corrected chi connectivity index (χ4v) is 3.44. The average Bonchev–Trinajstić information content (AvgIpc) is 3.09. The van der Waals surface area contributed by atoms with Crippen molar-refractivity contribution in [3.05, 3.63) is 59.7 Å². The first-order chi connectivity index (χ1) is 12.5. The molecule has 0 bridgehead atoms. The molecule has 1 heterocycles. The molecule has 1 atom stereocenters. The summed E-state index contributed by atoms with van der Waals surface area (Å²) in [5.74, 6) is -1.69. The van der Waals surface area contributed by atoms with E-state index in [9.17, 15) is 13.6 Å². The Morgan fingerprint density at radius 3 is 2.19 bits per heavy atom. The van der Waals surface area contributed by atoms with Gasteiger partial charge in [0.25, 0.3) is 0 Å². The number of hydrogen-bond donors (Lipinski definition) is 1. The van der Waals surface area contributed by atoms with E-state index in [4.69, 9.17) is 0 Å². The molecule has 3 rings (SSSR count). The number of rotatable bonds is 5. The lowest BCUT2D eigenvalue weighted by molar-refractivity contribution is -0.121. The Kier molecular flexibility index (Phi) is 5.52. The van der Waals surface area contributed by atoms with Crippen LogP contribution < -0.4 is 10.2 Å². The molecule has 2 aromatic rings. The second kappa shape index (κ2) is 7.83. The third kappa shape index (κ3) is 3.85. The number of amides is 1. The highest BCUT2D eigenvalue weighted by Crippen LogP contribution is 2.29. The Labute approximate surface area is 152 Å². The van der Waals surface area contributed by atoms with Gasteiger partial charge in [-0.25, -0.2) is 8.78 Å². The van der Waals surface area contributed by atoms with Crippen molar-refractivity contribution in [1.29, 1.82) is 0 Å². The Balaban J connectivity index is 1.86. The maximum absolute atomic E-state index is 14.2. The van der Waals surface area contributed by atoms with Gasteiger partial charge in [0.1, 0.15) is 11.7 Å². The van der Waals surface area contributed by atoms with Crippen molar-refractivity contribution in [2.24, 2.45) is 0 Å². The number of halogens is 2. The summed E-state index contributed by atoms with van der Waals surface area (Å²) in [6.07, 6.45) is 2.08. The zero-order valence-electron chi connectivity index (χ0n) is 15.0. The molecule has 0 radical (unpaired) electrons. The molecular weight excluding hydrogens is 336 g/mol. The molecule has 4 nitrogen and oxygen atoms in total. The molecule has 1 aliphatic heterocycles. The van der Waals surface area contributed by atoms with Gasteiger partial charge in [0, 0.05) is 19.8 Å². The maximum Gasteiger partial charge on any atom is 0.246 e. The number of nitrogens with one attached hydrogen (secondary N) is 1. The molecule has 1 fully saturated rings. The van der Waals surface area contributed by atoms with Gasteiger partial charge in [0.15, 0.2) is 11.6 Å². The Morgan fingerprint density at radius 2 is 1.65 bits per heavy atom. The van der Waals surface area contributed by atoms with Crippen LogP contribution in [0, 0.1) is 11.6 Å². The average molecular weight is 359 g/mol. The van der Waals surface area contributed by atoms with E-state index >= 15 is 0 Å². The number of benzene rings is 2. The van der Waals surface area contributed by atoms with Crippen LogP contribution in [0.5, 0.6) is 0 Å². The number of likely N-dealkylation sites (tertiary alicyclic amines) is 1. The van der Waals surface area contributed by atoms with Crippen molar-refractivity contribution in [3.8, 4) is 0 Å². The summed E-state index contributed by atoms with van der Waals surface area (Å²) in [7, 11) is 3.14. The second-order valence-electron chi connectivity index (χ2n) is 6.73. The number of nitrogens with zero attached hydrogens (tertiary/aromatic N) is 2. The van der Waals surface area contributed by atoms with Crippen LogP contribution >= 0.6 is 0 Å². The van der Waals surface area contributed by atoms with Gasteiger partial charge in [0.05, 0.1) is 0 Å². The molecule has 6 heteroatoms. The van der Waals surface area contributed by atoms with Crippen molar-refractivity contribution < 1.29 is 13.6 Å². The fourth-order valence-electron chi connectivity index (χ4n) is 3.44. The fraction of sp³-hybridized carbons (Fsp3) is 0.350. The van der Waals surface area contributed by atoms with Crippen molar-refractivity contribution in [2.45, 2.75) is 18.9 Å². The van der Waals surface area contributed by atoms with Crippen LogP contribution in [-0.4, -0.2) is 38.0 Å². The number of carbonyl (C=O) groups excluding carboxylic acids is 1. The largest absolute Gasteiger partial charge is 0.373 e. The molecule has 26 heavy (non-hydrogen) atoms. The van der Waals surface area contributed by atoms with Crippen LogP contribution in [0.25, 0.3) is 0 Å². The van der Waals surface area contributed by atoms with E-state index in [-0.39, 0.29) is 17.3 Å². The molecule has 1 aliphatic rings. The van der Waals surface area contributed by atoms with E-state index < -0.39 is 17.7 Å². The first-order valence-corrected chi connectivity index (χ1v) is 8.73. The minimum absolute atomic E-state index is 0.121. The SMILES string of the molecule is CN(C)c1c(F)cc(NC(=O)C(c2ccccc2)N2CCCC2)cc1F. The minimum atomic E-state index is -0.706. The lowest BCUT2D eigenvalue weighted by atomic mass is 10.0. The maximum atomic E-state index is 14.2. The normalized spacial score (nSPS) is 15.7. The zero-order valence-corrected chi connectivity index (χ0v) is 15.0. The summed E-state index contributed by atoms with van der Waals surface area (Å²) < 4.78 is 28.4. The molecule has 0 aromatic heterocycles. The molecule has 1 N–H and O–H groups in total. The summed E-state index contributed by atoms with van der Waals surface area (Å²) >= 11 is 0. The standard InChI is InChI=1S/C20H23F2N3O/c1-24(2)19-16(21)12-15(13-17(19)22)23-20(26)18(25-10-6-7-11-25)14-8-4-3-5-9-14/h3-5,8-9,12-13,18H,6-7,10-11H2,1-2H3,(H,23,26). The van der Waals surface area contributed by atoms with Crippen LogP contribution in [0.2, 0.25) is 0 Å². The second-order valence-corrected chi connectivity index (χ2v) is 6.73. The summed E-state index contributed by atoms with van der Waals surface area (Å²) in [6.45, 7) is 1.66. The molecule has 1 saturated heterocycles. The molecule has 138 valence electrons. The third-order valence-electron chi connectivity index (χ3n) is 4.60. The van der Waals surface area contributed by atoms with Gasteiger partial charge in [-0.1, -0.05) is 30.3 Å². The van der Waals surface area contributed by atoms with E-state index in [1.54, 1.807) is 14.1 Å². The Bertz CT molecular complexity index is 751. The highest BCUT2D eigenvalue weighted by molar-refractivity contribution is 5.95. The summed E-state index contributed by atoms with van der Waals surface area (Å²) in [5.41, 5.74) is 0.871. The summed E-state index contributed by atoms with van der Waals surface area (Å²) in [5, 5.41) is 2.69. The van der Waals surface area contributed by atoms with Crippen molar-refractivity contribution >= 4 is 17.3 Å². The quantitative estimate of drug-likeness (QED) is 0.882. The van der Waals surface area contributed by atoms with Gasteiger partial charge in [-0.2, -0.15) is 0 Å². The van der Waals surface area contributed by atoms with Crippen molar-refractivity contribution in [1.82, 2.24) is 4.90 Å². The Hall–Kier alpha value is -2.47. The van der Waals surface area contributed by atoms with Gasteiger partial charge >= 0.3 is 0 Å².